The number of aromatic nitrogens is 1. The van der Waals surface area contributed by atoms with Crippen LogP contribution in [-0.4, -0.2) is 27.5 Å². The van der Waals surface area contributed by atoms with Crippen LogP contribution < -0.4 is 4.74 Å². The van der Waals surface area contributed by atoms with E-state index in [1.807, 2.05) is 73.8 Å². The van der Waals surface area contributed by atoms with Gasteiger partial charge in [-0.1, -0.05) is 48.0 Å². The third-order valence-corrected chi connectivity index (χ3v) is 6.78. The largest absolute Gasteiger partial charge is 0.488 e. The number of hydrogen-bond acceptors (Lipinski definition) is 6. The summed E-state index contributed by atoms with van der Waals surface area (Å²) in [7, 11) is 0. The molecule has 0 spiro atoms. The number of amides is 1. The highest BCUT2D eigenvalue weighted by molar-refractivity contribution is 8.18. The number of benzene rings is 2. The monoisotopic (exact) mass is 469 g/mol. The van der Waals surface area contributed by atoms with Crippen LogP contribution in [0.3, 0.4) is 0 Å². The van der Waals surface area contributed by atoms with E-state index >= 15 is 0 Å². The maximum Gasteiger partial charge on any atom is 0.266 e. The number of thioether (sulfide) groups is 1. The van der Waals surface area contributed by atoms with Crippen molar-refractivity contribution in [2.24, 2.45) is 4.99 Å². The fourth-order valence-corrected chi connectivity index (χ4v) is 4.94. The van der Waals surface area contributed by atoms with Crippen LogP contribution in [0.25, 0.3) is 6.08 Å². The minimum absolute atomic E-state index is 0.0690. The molecule has 8 heteroatoms. The lowest BCUT2D eigenvalue weighted by Gasteiger charge is -2.11. The van der Waals surface area contributed by atoms with E-state index in [1.165, 1.54) is 23.1 Å². The summed E-state index contributed by atoms with van der Waals surface area (Å²) in [5.74, 6) is 0.618. The van der Waals surface area contributed by atoms with E-state index in [1.54, 1.807) is 4.90 Å². The fourth-order valence-electron chi connectivity index (χ4n) is 2.99. The molecule has 1 aliphatic rings. The van der Waals surface area contributed by atoms with Crippen molar-refractivity contribution in [2.75, 3.05) is 6.54 Å². The molecule has 1 saturated heterocycles. The predicted octanol–water partition coefficient (Wildman–Crippen LogP) is 6.31. The summed E-state index contributed by atoms with van der Waals surface area (Å²) in [6.45, 7) is 4.75. The van der Waals surface area contributed by atoms with Crippen molar-refractivity contribution in [3.8, 4) is 5.75 Å². The van der Waals surface area contributed by atoms with Gasteiger partial charge in [0, 0.05) is 28.1 Å². The molecule has 0 unspecified atom stereocenters. The third kappa shape index (κ3) is 5.01. The number of amidine groups is 1. The first kappa shape index (κ1) is 21.6. The minimum Gasteiger partial charge on any atom is -0.488 e. The van der Waals surface area contributed by atoms with Crippen molar-refractivity contribution in [3.63, 3.8) is 0 Å². The number of carbonyl (C=O) groups is 1. The van der Waals surface area contributed by atoms with Crippen LogP contribution in [0.15, 0.2) is 63.8 Å². The molecular formula is C23H20ClN3O2S2. The minimum atomic E-state index is -0.0690. The molecule has 0 bridgehead atoms. The van der Waals surface area contributed by atoms with Crippen molar-refractivity contribution in [2.45, 2.75) is 20.5 Å². The lowest BCUT2D eigenvalue weighted by molar-refractivity contribution is -0.122. The summed E-state index contributed by atoms with van der Waals surface area (Å²) in [5, 5.41) is 3.90. The summed E-state index contributed by atoms with van der Waals surface area (Å²) in [6, 6.07) is 15.2. The predicted molar refractivity (Wildman–Crippen MR) is 129 cm³/mol. The molecule has 1 amide bonds. The molecule has 158 valence electrons. The Kier molecular flexibility index (Phi) is 6.75. The second-order valence-corrected chi connectivity index (χ2v) is 9.00. The molecule has 0 saturated carbocycles. The Morgan fingerprint density at radius 3 is 2.71 bits per heavy atom. The Balaban J connectivity index is 1.59. The maximum atomic E-state index is 13.0. The van der Waals surface area contributed by atoms with Gasteiger partial charge in [0.1, 0.15) is 12.4 Å². The van der Waals surface area contributed by atoms with Crippen LogP contribution in [0, 0.1) is 6.92 Å². The quantitative estimate of drug-likeness (QED) is 0.397. The number of hydrogen-bond donors (Lipinski definition) is 0. The van der Waals surface area contributed by atoms with E-state index in [0.717, 1.165) is 16.8 Å². The summed E-state index contributed by atoms with van der Waals surface area (Å²) < 4.78 is 6.03. The van der Waals surface area contributed by atoms with Gasteiger partial charge in [-0.15, -0.1) is 11.3 Å². The zero-order chi connectivity index (χ0) is 21.8. The fraction of sp³-hybridized carbons (Fsp3) is 0.174. The number of aryl methyl sites for hydroxylation is 1. The van der Waals surface area contributed by atoms with Gasteiger partial charge in [0.25, 0.3) is 5.91 Å². The Morgan fingerprint density at radius 2 is 1.97 bits per heavy atom. The molecule has 5 nitrogen and oxygen atoms in total. The molecule has 1 fully saturated rings. The molecule has 31 heavy (non-hydrogen) atoms. The van der Waals surface area contributed by atoms with Gasteiger partial charge in [0.15, 0.2) is 5.17 Å². The molecule has 0 aliphatic carbocycles. The van der Waals surface area contributed by atoms with Crippen LogP contribution in [-0.2, 0) is 11.4 Å². The lowest BCUT2D eigenvalue weighted by atomic mass is 10.1. The van der Waals surface area contributed by atoms with E-state index in [-0.39, 0.29) is 5.91 Å². The van der Waals surface area contributed by atoms with E-state index in [9.17, 15) is 4.79 Å². The summed E-state index contributed by atoms with van der Waals surface area (Å²) in [6.07, 6.45) is 1.85. The number of ether oxygens (including phenoxy) is 1. The van der Waals surface area contributed by atoms with Crippen molar-refractivity contribution in [3.05, 3.63) is 80.7 Å². The van der Waals surface area contributed by atoms with Crippen LogP contribution in [0.1, 0.15) is 23.7 Å². The second-order valence-electron chi connectivity index (χ2n) is 6.74. The van der Waals surface area contributed by atoms with Crippen molar-refractivity contribution in [1.82, 2.24) is 9.88 Å². The Hall–Kier alpha value is -2.61. The molecule has 3 aromatic rings. The zero-order valence-electron chi connectivity index (χ0n) is 17.0. The SMILES string of the molecule is CCN1C(=O)/C(=C/c2ccccc2OCc2ccccc2Cl)S/C1=N/c1nc(C)cs1. The van der Waals surface area contributed by atoms with Crippen LogP contribution in [0.2, 0.25) is 5.02 Å². The highest BCUT2D eigenvalue weighted by Crippen LogP contribution is 2.36. The van der Waals surface area contributed by atoms with E-state index in [0.29, 0.717) is 39.1 Å². The Morgan fingerprint density at radius 1 is 1.19 bits per heavy atom. The van der Waals surface area contributed by atoms with Crippen molar-refractivity contribution < 1.29 is 9.53 Å². The number of thiazole rings is 1. The zero-order valence-corrected chi connectivity index (χ0v) is 19.4. The van der Waals surface area contributed by atoms with E-state index < -0.39 is 0 Å². The third-order valence-electron chi connectivity index (χ3n) is 4.55. The van der Waals surface area contributed by atoms with Crippen LogP contribution in [0.5, 0.6) is 5.75 Å². The van der Waals surface area contributed by atoms with E-state index in [2.05, 4.69) is 9.98 Å². The van der Waals surface area contributed by atoms with Crippen molar-refractivity contribution >= 4 is 57.0 Å². The van der Waals surface area contributed by atoms with Gasteiger partial charge in [0.05, 0.1) is 10.6 Å². The first-order valence-electron chi connectivity index (χ1n) is 9.72. The number of halogens is 1. The van der Waals surface area contributed by atoms with Gasteiger partial charge in [-0.3, -0.25) is 9.69 Å². The summed E-state index contributed by atoms with van der Waals surface area (Å²) in [5.41, 5.74) is 2.65. The summed E-state index contributed by atoms with van der Waals surface area (Å²) >= 11 is 9.06. The second kappa shape index (κ2) is 9.68. The van der Waals surface area contributed by atoms with Gasteiger partial charge >= 0.3 is 0 Å². The van der Waals surface area contributed by atoms with Gasteiger partial charge in [-0.2, -0.15) is 4.99 Å². The number of carbonyl (C=O) groups excluding carboxylic acids is 1. The average Bonchev–Trinajstić information content (AvgIpc) is 3.30. The first-order valence-corrected chi connectivity index (χ1v) is 11.8. The number of nitrogens with zero attached hydrogens (tertiary/aromatic N) is 3. The number of para-hydroxylation sites is 1. The topological polar surface area (TPSA) is 54.8 Å². The Labute approximate surface area is 194 Å². The van der Waals surface area contributed by atoms with Crippen molar-refractivity contribution in [1.29, 1.82) is 0 Å². The normalized spacial score (nSPS) is 16.5. The average molecular weight is 470 g/mol. The molecule has 1 aliphatic heterocycles. The first-order chi connectivity index (χ1) is 15.0. The van der Waals surface area contributed by atoms with Gasteiger partial charge < -0.3 is 4.74 Å². The van der Waals surface area contributed by atoms with Crippen LogP contribution >= 0.6 is 34.7 Å². The molecule has 2 heterocycles. The molecule has 0 atom stereocenters. The molecule has 0 N–H and O–H groups in total. The molecule has 4 rings (SSSR count). The number of likely N-dealkylation sites (N-methyl/N-ethyl adjacent to an activating group) is 1. The molecule has 0 radical (unpaired) electrons. The molecular weight excluding hydrogens is 450 g/mol. The number of aliphatic imine (C=N–C) groups is 1. The highest BCUT2D eigenvalue weighted by Gasteiger charge is 2.32. The van der Waals surface area contributed by atoms with Gasteiger partial charge in [-0.25, -0.2) is 4.98 Å². The Bertz CT molecular complexity index is 1170. The smallest absolute Gasteiger partial charge is 0.266 e. The lowest BCUT2D eigenvalue weighted by Crippen LogP contribution is -2.28. The van der Waals surface area contributed by atoms with E-state index in [4.69, 9.17) is 16.3 Å². The maximum absolute atomic E-state index is 13.0. The van der Waals surface area contributed by atoms with Crippen LogP contribution in [0.4, 0.5) is 5.13 Å². The standard InChI is InChI=1S/C23H20ClN3O2S2/c1-3-27-21(28)20(31-23(27)26-22-25-15(2)14-30-22)12-16-8-5-7-11-19(16)29-13-17-9-4-6-10-18(17)24/h4-12,14H,3,13H2,1-2H3/b20-12-,26-23+. The highest BCUT2D eigenvalue weighted by atomic mass is 35.5. The summed E-state index contributed by atoms with van der Waals surface area (Å²) in [4.78, 5) is 24.2. The molecule has 2 aromatic carbocycles. The van der Waals surface area contributed by atoms with Gasteiger partial charge in [0.2, 0.25) is 5.13 Å². The van der Waals surface area contributed by atoms with Gasteiger partial charge in [-0.05, 0) is 43.8 Å². The number of rotatable bonds is 6. The molecule has 1 aromatic heterocycles.